The Kier molecular flexibility index (Phi) is 8.03. The quantitative estimate of drug-likeness (QED) is 0.325. The van der Waals surface area contributed by atoms with Crippen molar-refractivity contribution in [2.45, 2.75) is 42.7 Å². The summed E-state index contributed by atoms with van der Waals surface area (Å²) in [5.74, 6) is -0.857. The van der Waals surface area contributed by atoms with Crippen molar-refractivity contribution in [2.24, 2.45) is 0 Å². The van der Waals surface area contributed by atoms with Crippen LogP contribution in [-0.2, 0) is 19.6 Å². The van der Waals surface area contributed by atoms with Gasteiger partial charge in [0.2, 0.25) is 0 Å². The summed E-state index contributed by atoms with van der Waals surface area (Å²) in [5.41, 5.74) is 0.476. The summed E-state index contributed by atoms with van der Waals surface area (Å²) in [5, 5.41) is 8.46. The van der Waals surface area contributed by atoms with Crippen LogP contribution in [0.25, 0.3) is 0 Å². The van der Waals surface area contributed by atoms with Gasteiger partial charge >= 0.3 is 0 Å². The van der Waals surface area contributed by atoms with Gasteiger partial charge in [0.1, 0.15) is 17.3 Å². The summed E-state index contributed by atoms with van der Waals surface area (Å²) in [6.07, 6.45) is 5.38. The van der Waals surface area contributed by atoms with E-state index in [4.69, 9.17) is 4.74 Å². The fourth-order valence-corrected chi connectivity index (χ4v) is 5.87. The number of anilines is 2. The second kappa shape index (κ2) is 10.5. The predicted octanol–water partition coefficient (Wildman–Crippen LogP) is 3.33. The van der Waals surface area contributed by atoms with Gasteiger partial charge in [-0.05, 0) is 40.9 Å². The molecule has 0 saturated heterocycles. The topological polar surface area (TPSA) is 109 Å². The molecule has 0 bridgehead atoms. The Hall–Kier alpha value is -1.76. The van der Waals surface area contributed by atoms with E-state index in [0.717, 1.165) is 37.0 Å². The molecule has 2 atom stereocenters. The van der Waals surface area contributed by atoms with Crippen molar-refractivity contribution in [1.82, 2.24) is 10.3 Å². The molecule has 1 aliphatic rings. The lowest BCUT2D eigenvalue weighted by atomic mass is 9.90. The van der Waals surface area contributed by atoms with Crippen molar-refractivity contribution in [3.63, 3.8) is 0 Å². The number of sulfonamides is 1. The van der Waals surface area contributed by atoms with Crippen molar-refractivity contribution >= 4 is 54.6 Å². The first-order valence-corrected chi connectivity index (χ1v) is 12.5. The Morgan fingerprint density at radius 1 is 1.30 bits per heavy atom. The largest absolute Gasteiger partial charge is 0.467 e. The van der Waals surface area contributed by atoms with Crippen molar-refractivity contribution in [3.05, 3.63) is 34.0 Å². The van der Waals surface area contributed by atoms with Crippen molar-refractivity contribution in [3.8, 4) is 0 Å². The van der Waals surface area contributed by atoms with E-state index >= 15 is 0 Å². The maximum absolute atomic E-state index is 14.7. The monoisotopic (exact) mass is 520 g/mol. The number of aromatic nitrogens is 1. The summed E-state index contributed by atoms with van der Waals surface area (Å²) in [6, 6.07) is 2.58. The van der Waals surface area contributed by atoms with Crippen LogP contribution in [0, 0.1) is 5.82 Å². The predicted molar refractivity (Wildman–Crippen MR) is 117 cm³/mol. The molecule has 30 heavy (non-hydrogen) atoms. The van der Waals surface area contributed by atoms with Gasteiger partial charge in [0.05, 0.1) is 5.69 Å². The van der Waals surface area contributed by atoms with E-state index in [0.29, 0.717) is 23.2 Å². The van der Waals surface area contributed by atoms with E-state index in [1.54, 1.807) is 5.38 Å². The number of nitrogens with zero attached hydrogens (tertiary/aromatic N) is 1. The molecule has 164 valence electrons. The molecule has 3 rings (SSSR count). The number of rotatable bonds is 10. The van der Waals surface area contributed by atoms with Gasteiger partial charge in [-0.1, -0.05) is 12.8 Å². The number of ether oxygens (including phenoxy) is 1. The molecule has 1 aliphatic carbocycles. The summed E-state index contributed by atoms with van der Waals surface area (Å²) in [7, 11) is -4.10. The van der Waals surface area contributed by atoms with Gasteiger partial charge < -0.3 is 15.4 Å². The zero-order valence-electron chi connectivity index (χ0n) is 15.9. The Bertz CT molecular complexity index is 959. The number of hydrogen-bond donors (Lipinski definition) is 3. The van der Waals surface area contributed by atoms with E-state index < -0.39 is 20.7 Å². The number of carbonyl (C=O) groups excluding carboxylic acids is 1. The number of benzene rings is 1. The summed E-state index contributed by atoms with van der Waals surface area (Å²) in [6.45, 7) is 1.22. The average molecular weight is 521 g/mol. The maximum atomic E-state index is 14.7. The zero-order chi connectivity index (χ0) is 21.6. The molecule has 0 unspecified atom stereocenters. The summed E-state index contributed by atoms with van der Waals surface area (Å²) >= 11 is 4.47. The molecule has 2 aromatic rings. The molecule has 1 heterocycles. The normalized spacial score (nSPS) is 19.3. The molecule has 1 saturated carbocycles. The third-order valence-corrected chi connectivity index (χ3v) is 7.59. The highest BCUT2D eigenvalue weighted by molar-refractivity contribution is 9.10. The molecule has 3 N–H and O–H groups in total. The van der Waals surface area contributed by atoms with E-state index in [9.17, 15) is 17.6 Å². The highest BCUT2D eigenvalue weighted by atomic mass is 79.9. The minimum Gasteiger partial charge on any atom is -0.467 e. The fourth-order valence-electron chi connectivity index (χ4n) is 3.39. The number of nitrogens with one attached hydrogen (secondary N) is 3. The molecular weight excluding hydrogens is 499 g/mol. The molecule has 1 fully saturated rings. The summed E-state index contributed by atoms with van der Waals surface area (Å²) in [4.78, 5) is 13.7. The molecule has 0 radical (unpaired) electrons. The van der Waals surface area contributed by atoms with E-state index in [1.807, 2.05) is 0 Å². The molecule has 12 heteroatoms. The maximum Gasteiger partial charge on any atom is 0.293 e. The Balaban J connectivity index is 1.73. The third-order valence-electron chi connectivity index (χ3n) is 4.77. The SMILES string of the molecule is O=COCCN[C@H]1CCCC[C@@H]1Nc1cc(F)c(S(=O)(=O)Nc2nccs2)cc1Br. The van der Waals surface area contributed by atoms with E-state index in [2.05, 4.69) is 36.3 Å². The van der Waals surface area contributed by atoms with Crippen LogP contribution in [0.5, 0.6) is 0 Å². The standard InChI is InChI=1S/C18H22BrFN4O4S2/c19-12-9-17(30(26,27)24-18-22-6-8-29-18)13(20)10-16(12)23-15-4-2-1-3-14(15)21-5-7-28-11-25/h6,8-11,14-15,21,23H,1-5,7H2,(H,22,24)/t14-,15-/m0/s1. The van der Waals surface area contributed by atoms with Gasteiger partial charge in [0.25, 0.3) is 16.5 Å². The average Bonchev–Trinajstić information content (AvgIpc) is 3.21. The Labute approximate surface area is 186 Å². The lowest BCUT2D eigenvalue weighted by Gasteiger charge is -2.34. The fraction of sp³-hybridized carbons (Fsp3) is 0.444. The van der Waals surface area contributed by atoms with Gasteiger partial charge in [-0.25, -0.2) is 17.8 Å². The molecule has 1 aromatic carbocycles. The minimum atomic E-state index is -4.10. The molecule has 8 nitrogen and oxygen atoms in total. The minimum absolute atomic E-state index is 0.0292. The zero-order valence-corrected chi connectivity index (χ0v) is 19.2. The first-order valence-electron chi connectivity index (χ1n) is 9.37. The van der Waals surface area contributed by atoms with Crippen molar-refractivity contribution in [1.29, 1.82) is 0 Å². The lowest BCUT2D eigenvalue weighted by molar-refractivity contribution is -0.128. The first-order chi connectivity index (χ1) is 14.4. The van der Waals surface area contributed by atoms with Crippen LogP contribution in [0.1, 0.15) is 25.7 Å². The highest BCUT2D eigenvalue weighted by Gasteiger charge is 2.27. The number of thiazole rings is 1. The van der Waals surface area contributed by atoms with E-state index in [1.165, 1.54) is 18.3 Å². The summed E-state index contributed by atoms with van der Waals surface area (Å²) < 4.78 is 47.2. The van der Waals surface area contributed by atoms with Crippen molar-refractivity contribution < 1.29 is 22.3 Å². The Morgan fingerprint density at radius 3 is 2.77 bits per heavy atom. The third kappa shape index (κ3) is 5.90. The smallest absolute Gasteiger partial charge is 0.293 e. The highest BCUT2D eigenvalue weighted by Crippen LogP contribution is 2.32. The van der Waals surface area contributed by atoms with Crippen LogP contribution < -0.4 is 15.4 Å². The molecular formula is C18H22BrFN4O4S2. The van der Waals surface area contributed by atoms with Crippen LogP contribution >= 0.6 is 27.3 Å². The number of carbonyl (C=O) groups is 1. The van der Waals surface area contributed by atoms with Crippen LogP contribution in [0.4, 0.5) is 15.2 Å². The van der Waals surface area contributed by atoms with Crippen LogP contribution in [0.3, 0.4) is 0 Å². The van der Waals surface area contributed by atoms with E-state index in [-0.39, 0.29) is 23.8 Å². The molecule has 0 amide bonds. The van der Waals surface area contributed by atoms with Gasteiger partial charge in [0.15, 0.2) is 5.13 Å². The van der Waals surface area contributed by atoms with Crippen LogP contribution in [0.2, 0.25) is 0 Å². The van der Waals surface area contributed by atoms with Gasteiger partial charge in [-0.2, -0.15) is 0 Å². The molecule has 0 aliphatic heterocycles. The molecule has 1 aromatic heterocycles. The number of hydrogen-bond acceptors (Lipinski definition) is 8. The van der Waals surface area contributed by atoms with Gasteiger partial charge in [-0.3, -0.25) is 9.52 Å². The Morgan fingerprint density at radius 2 is 2.07 bits per heavy atom. The lowest BCUT2D eigenvalue weighted by Crippen LogP contribution is -2.47. The van der Waals surface area contributed by atoms with Crippen LogP contribution in [-0.4, -0.2) is 45.1 Å². The van der Waals surface area contributed by atoms with Crippen LogP contribution in [0.15, 0.2) is 33.1 Å². The second-order valence-corrected chi connectivity index (χ2v) is 10.2. The second-order valence-electron chi connectivity index (χ2n) is 6.77. The van der Waals surface area contributed by atoms with Gasteiger partial charge in [-0.15, -0.1) is 11.3 Å². The van der Waals surface area contributed by atoms with Crippen molar-refractivity contribution in [2.75, 3.05) is 23.2 Å². The number of halogens is 2. The van der Waals surface area contributed by atoms with Gasteiger partial charge in [0, 0.05) is 34.7 Å². The molecule has 0 spiro atoms. The first kappa shape index (κ1) is 22.9.